The number of nitrogens with two attached hydrogens (primary N) is 1. The predicted octanol–water partition coefficient (Wildman–Crippen LogP) is 2.55. The molecule has 2 aromatic rings. The molecule has 2 rings (SSSR count). The maximum Gasteiger partial charge on any atom is 0.211 e. The standard InChI is InChI=1S/C18H20N2O5/c1-22-11-5-6-12(13(19)9-11)16(20)17(21)10-7-14(23-2)18(25-4)15(8-10)24-3/h5-9,20H,19H2,1-4H3. The zero-order valence-corrected chi connectivity index (χ0v) is 14.5. The molecule has 0 aliphatic rings. The lowest BCUT2D eigenvalue weighted by Gasteiger charge is -2.14. The Bertz CT molecular complexity index is 792. The number of carbonyl (C=O) groups excluding carboxylic acids is 1. The van der Waals surface area contributed by atoms with Crippen LogP contribution in [0.1, 0.15) is 15.9 Å². The molecular formula is C18H20N2O5. The fraction of sp³-hybridized carbons (Fsp3) is 0.222. The maximum absolute atomic E-state index is 12.7. The quantitative estimate of drug-likeness (QED) is 0.454. The largest absolute Gasteiger partial charge is 0.497 e. The lowest BCUT2D eigenvalue weighted by atomic mass is 9.98. The highest BCUT2D eigenvalue weighted by atomic mass is 16.5. The van der Waals surface area contributed by atoms with Crippen molar-refractivity contribution >= 4 is 17.2 Å². The Kier molecular flexibility index (Phi) is 5.49. The van der Waals surface area contributed by atoms with Gasteiger partial charge in [0.25, 0.3) is 0 Å². The van der Waals surface area contributed by atoms with Crippen molar-refractivity contribution in [3.05, 3.63) is 41.5 Å². The number of rotatable bonds is 7. The molecule has 0 heterocycles. The van der Waals surface area contributed by atoms with Crippen molar-refractivity contribution in [2.75, 3.05) is 34.2 Å². The summed E-state index contributed by atoms with van der Waals surface area (Å²) in [6.45, 7) is 0. The number of nitrogen functional groups attached to an aromatic ring is 1. The van der Waals surface area contributed by atoms with E-state index in [1.807, 2.05) is 0 Å². The number of carbonyl (C=O) groups is 1. The van der Waals surface area contributed by atoms with Gasteiger partial charge in [0.05, 0.1) is 28.4 Å². The van der Waals surface area contributed by atoms with Gasteiger partial charge in [0, 0.05) is 22.9 Å². The molecule has 0 bridgehead atoms. The third-order valence-corrected chi connectivity index (χ3v) is 3.68. The first-order valence-corrected chi connectivity index (χ1v) is 7.34. The smallest absolute Gasteiger partial charge is 0.211 e. The second kappa shape index (κ2) is 7.57. The number of ketones is 1. The highest BCUT2D eigenvalue weighted by Gasteiger charge is 2.21. The SMILES string of the molecule is COc1ccc(C(=N)C(=O)c2cc(OC)c(OC)c(OC)c2)c(N)c1. The molecule has 3 N–H and O–H groups in total. The summed E-state index contributed by atoms with van der Waals surface area (Å²) in [6.07, 6.45) is 0. The molecule has 0 aliphatic carbocycles. The van der Waals surface area contributed by atoms with Crippen LogP contribution in [-0.2, 0) is 0 Å². The summed E-state index contributed by atoms with van der Waals surface area (Å²) in [5, 5.41) is 8.21. The van der Waals surface area contributed by atoms with Crippen molar-refractivity contribution < 1.29 is 23.7 Å². The molecule has 25 heavy (non-hydrogen) atoms. The first-order valence-electron chi connectivity index (χ1n) is 7.34. The molecule has 0 aromatic heterocycles. The van der Waals surface area contributed by atoms with Crippen molar-refractivity contribution in [1.82, 2.24) is 0 Å². The van der Waals surface area contributed by atoms with Crippen LogP contribution in [0.3, 0.4) is 0 Å². The molecule has 0 amide bonds. The normalized spacial score (nSPS) is 10.1. The molecule has 0 unspecified atom stereocenters. The molecule has 2 aromatic carbocycles. The number of Topliss-reactive ketones (excluding diaryl/α,β-unsaturated/α-hetero) is 1. The molecule has 0 atom stereocenters. The molecule has 132 valence electrons. The van der Waals surface area contributed by atoms with Gasteiger partial charge >= 0.3 is 0 Å². The predicted molar refractivity (Wildman–Crippen MR) is 94.7 cm³/mol. The minimum Gasteiger partial charge on any atom is -0.497 e. The second-order valence-electron chi connectivity index (χ2n) is 5.07. The zero-order chi connectivity index (χ0) is 18.6. The van der Waals surface area contributed by atoms with Crippen LogP contribution in [0.2, 0.25) is 0 Å². The minimum absolute atomic E-state index is 0.231. The van der Waals surface area contributed by atoms with E-state index in [1.54, 1.807) is 18.2 Å². The van der Waals surface area contributed by atoms with Crippen LogP contribution in [0.25, 0.3) is 0 Å². The Morgan fingerprint density at radius 2 is 1.52 bits per heavy atom. The first-order chi connectivity index (χ1) is 12.0. The van der Waals surface area contributed by atoms with Gasteiger partial charge in [-0.3, -0.25) is 10.2 Å². The number of hydrogen-bond donors (Lipinski definition) is 2. The number of ether oxygens (including phenoxy) is 4. The van der Waals surface area contributed by atoms with E-state index < -0.39 is 5.78 Å². The summed E-state index contributed by atoms with van der Waals surface area (Å²) in [4.78, 5) is 12.7. The van der Waals surface area contributed by atoms with Gasteiger partial charge < -0.3 is 24.7 Å². The lowest BCUT2D eigenvalue weighted by Crippen LogP contribution is -2.16. The Hall–Kier alpha value is -3.22. The van der Waals surface area contributed by atoms with Crippen molar-refractivity contribution in [1.29, 1.82) is 5.41 Å². The van der Waals surface area contributed by atoms with E-state index in [2.05, 4.69) is 0 Å². The average molecular weight is 344 g/mol. The minimum atomic E-state index is -0.517. The Labute approximate surface area is 145 Å². The Morgan fingerprint density at radius 1 is 0.920 bits per heavy atom. The Balaban J connectivity index is 2.45. The van der Waals surface area contributed by atoms with Gasteiger partial charge in [-0.2, -0.15) is 0 Å². The van der Waals surface area contributed by atoms with Gasteiger partial charge in [0.2, 0.25) is 11.5 Å². The average Bonchev–Trinajstić information content (AvgIpc) is 2.65. The molecule has 0 saturated carbocycles. The van der Waals surface area contributed by atoms with Crippen LogP contribution in [0.5, 0.6) is 23.0 Å². The first kappa shape index (κ1) is 18.1. The fourth-order valence-electron chi connectivity index (χ4n) is 2.37. The van der Waals surface area contributed by atoms with E-state index in [-0.39, 0.29) is 17.0 Å². The van der Waals surface area contributed by atoms with Crippen molar-refractivity contribution in [3.63, 3.8) is 0 Å². The van der Waals surface area contributed by atoms with E-state index in [1.165, 1.54) is 40.6 Å². The van der Waals surface area contributed by atoms with E-state index in [0.717, 1.165) is 0 Å². The number of benzene rings is 2. The number of hydrogen-bond acceptors (Lipinski definition) is 7. The van der Waals surface area contributed by atoms with Gasteiger partial charge in [-0.1, -0.05) is 0 Å². The third-order valence-electron chi connectivity index (χ3n) is 3.68. The zero-order valence-electron chi connectivity index (χ0n) is 14.5. The summed E-state index contributed by atoms with van der Waals surface area (Å²) in [5.41, 5.74) is 6.52. The van der Waals surface area contributed by atoms with Crippen molar-refractivity contribution in [2.45, 2.75) is 0 Å². The monoisotopic (exact) mass is 344 g/mol. The second-order valence-corrected chi connectivity index (χ2v) is 5.07. The van der Waals surface area contributed by atoms with E-state index in [0.29, 0.717) is 28.6 Å². The van der Waals surface area contributed by atoms with Crippen LogP contribution >= 0.6 is 0 Å². The highest BCUT2D eigenvalue weighted by molar-refractivity contribution is 6.51. The summed E-state index contributed by atoms with van der Waals surface area (Å²) in [7, 11) is 5.90. The molecule has 0 fully saturated rings. The van der Waals surface area contributed by atoms with E-state index in [9.17, 15) is 4.79 Å². The number of anilines is 1. The van der Waals surface area contributed by atoms with Gasteiger partial charge in [0.1, 0.15) is 11.5 Å². The van der Waals surface area contributed by atoms with Crippen molar-refractivity contribution in [3.8, 4) is 23.0 Å². The summed E-state index contributed by atoms with van der Waals surface area (Å²) in [5.74, 6) is 1.07. The summed E-state index contributed by atoms with van der Waals surface area (Å²) >= 11 is 0. The molecule has 7 nitrogen and oxygen atoms in total. The van der Waals surface area contributed by atoms with Gasteiger partial charge in [-0.15, -0.1) is 0 Å². The van der Waals surface area contributed by atoms with Gasteiger partial charge in [0.15, 0.2) is 11.5 Å². The van der Waals surface area contributed by atoms with E-state index in [4.69, 9.17) is 30.1 Å². The van der Waals surface area contributed by atoms with Crippen molar-refractivity contribution in [2.24, 2.45) is 0 Å². The number of methoxy groups -OCH3 is 4. The number of nitrogens with one attached hydrogen (secondary N) is 1. The molecule has 0 radical (unpaired) electrons. The van der Waals surface area contributed by atoms with Crippen LogP contribution in [-0.4, -0.2) is 39.9 Å². The van der Waals surface area contributed by atoms with Gasteiger partial charge in [-0.05, 0) is 24.3 Å². The van der Waals surface area contributed by atoms with E-state index >= 15 is 0 Å². The molecule has 0 aliphatic heterocycles. The van der Waals surface area contributed by atoms with Crippen LogP contribution < -0.4 is 24.7 Å². The summed E-state index contributed by atoms with van der Waals surface area (Å²) < 4.78 is 20.8. The summed E-state index contributed by atoms with van der Waals surface area (Å²) in [6, 6.07) is 7.78. The van der Waals surface area contributed by atoms with Crippen LogP contribution in [0, 0.1) is 5.41 Å². The van der Waals surface area contributed by atoms with Crippen LogP contribution in [0.4, 0.5) is 5.69 Å². The molecular weight excluding hydrogens is 324 g/mol. The Morgan fingerprint density at radius 3 is 1.96 bits per heavy atom. The molecule has 7 heteroatoms. The fourth-order valence-corrected chi connectivity index (χ4v) is 2.37. The third kappa shape index (κ3) is 3.50. The maximum atomic E-state index is 12.7. The lowest BCUT2D eigenvalue weighted by molar-refractivity contribution is 0.106. The molecule has 0 spiro atoms. The van der Waals surface area contributed by atoms with Gasteiger partial charge in [-0.25, -0.2) is 0 Å². The highest BCUT2D eigenvalue weighted by Crippen LogP contribution is 2.38. The molecule has 0 saturated heterocycles. The topological polar surface area (TPSA) is 104 Å². The van der Waals surface area contributed by atoms with Crippen LogP contribution in [0.15, 0.2) is 30.3 Å².